The van der Waals surface area contributed by atoms with E-state index in [4.69, 9.17) is 4.98 Å². The third-order valence-corrected chi connectivity index (χ3v) is 7.47. The summed E-state index contributed by atoms with van der Waals surface area (Å²) in [5.74, 6) is -0.896. The van der Waals surface area contributed by atoms with Crippen molar-refractivity contribution in [2.75, 3.05) is 0 Å². The normalized spacial score (nSPS) is 17.9. The van der Waals surface area contributed by atoms with Crippen LogP contribution in [0.1, 0.15) is 73.1 Å². The second-order valence-electron chi connectivity index (χ2n) is 10.4. The molecule has 3 heteroatoms. The van der Waals surface area contributed by atoms with Gasteiger partial charge < -0.3 is 5.11 Å². The molecule has 3 aromatic rings. The van der Waals surface area contributed by atoms with Crippen molar-refractivity contribution in [2.45, 2.75) is 64.2 Å². The summed E-state index contributed by atoms with van der Waals surface area (Å²) in [7, 11) is 0. The molecule has 0 saturated heterocycles. The van der Waals surface area contributed by atoms with Gasteiger partial charge in [0.15, 0.2) is 0 Å². The summed E-state index contributed by atoms with van der Waals surface area (Å²) < 4.78 is 0. The molecule has 5 rings (SSSR count). The van der Waals surface area contributed by atoms with Crippen molar-refractivity contribution in [1.82, 2.24) is 4.98 Å². The third-order valence-electron chi connectivity index (χ3n) is 7.47. The van der Waals surface area contributed by atoms with Crippen LogP contribution in [0, 0.1) is 0 Å². The zero-order valence-corrected chi connectivity index (χ0v) is 18.7. The van der Waals surface area contributed by atoms with Crippen molar-refractivity contribution in [1.29, 1.82) is 0 Å². The molecule has 0 fully saturated rings. The number of aromatic nitrogens is 1. The third kappa shape index (κ3) is 3.18. The number of fused-ring (bicyclic) bond motifs is 4. The molecule has 0 amide bonds. The fourth-order valence-electron chi connectivity index (χ4n) is 5.39. The average Bonchev–Trinajstić information content (AvgIpc) is 2.75. The monoisotopic (exact) mass is 411 g/mol. The zero-order chi connectivity index (χ0) is 22.0. The van der Waals surface area contributed by atoms with Gasteiger partial charge in [0.1, 0.15) is 0 Å². The second-order valence-corrected chi connectivity index (χ2v) is 10.4. The van der Waals surface area contributed by atoms with E-state index in [1.165, 1.54) is 40.7 Å². The predicted octanol–water partition coefficient (Wildman–Crippen LogP) is 6.56. The Bertz CT molecular complexity index is 1200. The van der Waals surface area contributed by atoms with Crippen LogP contribution in [0.15, 0.2) is 48.7 Å². The number of pyridine rings is 1. The van der Waals surface area contributed by atoms with E-state index in [1.54, 1.807) is 12.1 Å². The van der Waals surface area contributed by atoms with Gasteiger partial charge in [0, 0.05) is 11.8 Å². The molecule has 0 bridgehead atoms. The molecule has 0 aliphatic heterocycles. The number of aryl methyl sites for hydroxylation is 1. The van der Waals surface area contributed by atoms with Crippen LogP contribution in [0.2, 0.25) is 0 Å². The van der Waals surface area contributed by atoms with Gasteiger partial charge in [-0.15, -0.1) is 0 Å². The van der Waals surface area contributed by atoms with E-state index in [1.807, 2.05) is 18.3 Å². The Kier molecular flexibility index (Phi) is 4.37. The standard InChI is InChI=1S/C28H29NO2/c1-27(2)12-13-28(3,4)24-16-22-19(15-23(24)27)9-10-21-20(11-14-29-25(21)22)17-5-7-18(8-6-17)26(30)31/h5-8,11,14-16H,9-10,12-13H2,1-4H3,(H,30,31). The number of carbonyl (C=O) groups is 1. The molecule has 2 aliphatic carbocycles. The highest BCUT2D eigenvalue weighted by atomic mass is 16.4. The fraction of sp³-hybridized carbons (Fsp3) is 0.357. The maximum atomic E-state index is 11.2. The molecule has 3 nitrogen and oxygen atoms in total. The molecule has 2 aromatic carbocycles. The molecule has 0 unspecified atom stereocenters. The first-order valence-electron chi connectivity index (χ1n) is 11.2. The summed E-state index contributed by atoms with van der Waals surface area (Å²) in [6.07, 6.45) is 6.27. The zero-order valence-electron chi connectivity index (χ0n) is 18.7. The quantitative estimate of drug-likeness (QED) is 0.519. The maximum Gasteiger partial charge on any atom is 0.335 e. The van der Waals surface area contributed by atoms with E-state index in [-0.39, 0.29) is 10.8 Å². The molecule has 0 atom stereocenters. The Balaban J connectivity index is 1.67. The molecule has 31 heavy (non-hydrogen) atoms. The van der Waals surface area contributed by atoms with Crippen molar-refractivity contribution < 1.29 is 9.90 Å². The summed E-state index contributed by atoms with van der Waals surface area (Å²) >= 11 is 0. The number of rotatable bonds is 2. The van der Waals surface area contributed by atoms with Crippen LogP contribution in [0.5, 0.6) is 0 Å². The lowest BCUT2D eigenvalue weighted by Gasteiger charge is -2.43. The van der Waals surface area contributed by atoms with Crippen molar-refractivity contribution in [3.05, 3.63) is 76.5 Å². The van der Waals surface area contributed by atoms with Crippen molar-refractivity contribution in [2.24, 2.45) is 0 Å². The largest absolute Gasteiger partial charge is 0.478 e. The van der Waals surface area contributed by atoms with E-state index in [0.717, 1.165) is 29.7 Å². The minimum absolute atomic E-state index is 0.168. The molecule has 0 spiro atoms. The lowest BCUT2D eigenvalue weighted by Crippen LogP contribution is -2.34. The molecular formula is C28H29NO2. The van der Waals surface area contributed by atoms with Gasteiger partial charge in [0.25, 0.3) is 0 Å². The molecule has 0 radical (unpaired) electrons. The molecule has 2 aliphatic rings. The smallest absolute Gasteiger partial charge is 0.335 e. The minimum atomic E-state index is -0.896. The Labute approximate surface area is 184 Å². The van der Waals surface area contributed by atoms with E-state index in [9.17, 15) is 9.90 Å². The average molecular weight is 412 g/mol. The molecule has 158 valence electrons. The summed E-state index contributed by atoms with van der Waals surface area (Å²) in [6.45, 7) is 9.49. The lowest BCUT2D eigenvalue weighted by molar-refractivity contribution is 0.0697. The van der Waals surface area contributed by atoms with Gasteiger partial charge in [-0.2, -0.15) is 0 Å². The van der Waals surface area contributed by atoms with Crippen LogP contribution < -0.4 is 0 Å². The predicted molar refractivity (Wildman–Crippen MR) is 125 cm³/mol. The molecule has 1 heterocycles. The Morgan fingerprint density at radius 1 is 0.871 bits per heavy atom. The number of hydrogen-bond acceptors (Lipinski definition) is 2. The van der Waals surface area contributed by atoms with Crippen LogP contribution in [0.3, 0.4) is 0 Å². The van der Waals surface area contributed by atoms with Crippen LogP contribution in [0.25, 0.3) is 22.4 Å². The summed E-state index contributed by atoms with van der Waals surface area (Å²) in [4.78, 5) is 16.1. The molecule has 0 saturated carbocycles. The van der Waals surface area contributed by atoms with E-state index in [0.29, 0.717) is 5.56 Å². The summed E-state index contributed by atoms with van der Waals surface area (Å²) in [5, 5.41) is 9.21. The first-order valence-corrected chi connectivity index (χ1v) is 11.2. The van der Waals surface area contributed by atoms with Gasteiger partial charge in [-0.1, -0.05) is 45.9 Å². The first kappa shape index (κ1) is 20.0. The van der Waals surface area contributed by atoms with E-state index in [2.05, 4.69) is 45.9 Å². The molecular weight excluding hydrogens is 382 g/mol. The van der Waals surface area contributed by atoms with Gasteiger partial charge in [-0.05, 0) is 94.2 Å². The number of carboxylic acid groups (broad SMARTS) is 1. The maximum absolute atomic E-state index is 11.2. The van der Waals surface area contributed by atoms with Crippen molar-refractivity contribution in [3.8, 4) is 22.4 Å². The topological polar surface area (TPSA) is 50.2 Å². The van der Waals surface area contributed by atoms with Crippen LogP contribution in [-0.4, -0.2) is 16.1 Å². The molecule has 1 N–H and O–H groups in total. The minimum Gasteiger partial charge on any atom is -0.478 e. The summed E-state index contributed by atoms with van der Waals surface area (Å²) in [5.41, 5.74) is 10.9. The highest BCUT2D eigenvalue weighted by Crippen LogP contribution is 2.49. The Morgan fingerprint density at radius 2 is 1.52 bits per heavy atom. The van der Waals surface area contributed by atoms with Crippen molar-refractivity contribution in [3.63, 3.8) is 0 Å². The Morgan fingerprint density at radius 3 is 2.16 bits per heavy atom. The van der Waals surface area contributed by atoms with Gasteiger partial charge in [0.2, 0.25) is 0 Å². The van der Waals surface area contributed by atoms with Gasteiger partial charge >= 0.3 is 5.97 Å². The van der Waals surface area contributed by atoms with E-state index < -0.39 is 5.97 Å². The highest BCUT2D eigenvalue weighted by Gasteiger charge is 2.38. The van der Waals surface area contributed by atoms with Crippen LogP contribution in [0.4, 0.5) is 0 Å². The Hall–Kier alpha value is -2.94. The number of carboxylic acids is 1. The number of nitrogens with zero attached hydrogens (tertiary/aromatic N) is 1. The van der Waals surface area contributed by atoms with Gasteiger partial charge in [0.05, 0.1) is 11.3 Å². The van der Waals surface area contributed by atoms with Gasteiger partial charge in [-0.3, -0.25) is 4.98 Å². The van der Waals surface area contributed by atoms with Crippen molar-refractivity contribution >= 4 is 5.97 Å². The number of hydrogen-bond donors (Lipinski definition) is 1. The van der Waals surface area contributed by atoms with E-state index >= 15 is 0 Å². The first-order chi connectivity index (χ1) is 14.7. The summed E-state index contributed by atoms with van der Waals surface area (Å²) in [6, 6.07) is 14.1. The lowest BCUT2D eigenvalue weighted by atomic mass is 9.62. The van der Waals surface area contributed by atoms with Crippen LogP contribution in [-0.2, 0) is 23.7 Å². The molecule has 1 aromatic heterocycles. The number of benzene rings is 2. The second kappa shape index (κ2) is 6.78. The highest BCUT2D eigenvalue weighted by molar-refractivity contribution is 5.89. The SMILES string of the molecule is CC1(C)CCC(C)(C)c2cc3c(cc21)CCc1c(-c2ccc(C(=O)O)cc2)ccnc1-3. The van der Waals surface area contributed by atoms with Gasteiger partial charge in [-0.25, -0.2) is 4.79 Å². The van der Waals surface area contributed by atoms with Crippen LogP contribution >= 0.6 is 0 Å². The fourth-order valence-corrected chi connectivity index (χ4v) is 5.39. The number of aromatic carboxylic acids is 1.